The third kappa shape index (κ3) is 3.79. The number of hydrogen-bond acceptors (Lipinski definition) is 4. The molecule has 0 spiro atoms. The van der Waals surface area contributed by atoms with Crippen molar-refractivity contribution in [3.05, 3.63) is 29.6 Å². The monoisotopic (exact) mass is 312 g/mol. The van der Waals surface area contributed by atoms with E-state index in [0.717, 1.165) is 37.5 Å². The van der Waals surface area contributed by atoms with Crippen molar-refractivity contribution in [2.45, 2.75) is 42.6 Å². The minimum Gasteiger partial charge on any atom is -0.389 e. The Balaban J connectivity index is 2.13. The van der Waals surface area contributed by atoms with Crippen LogP contribution in [0.2, 0.25) is 0 Å². The second-order valence-corrected chi connectivity index (χ2v) is 7.13. The number of sulfonamides is 1. The van der Waals surface area contributed by atoms with Gasteiger partial charge in [-0.2, -0.15) is 5.26 Å². The number of rotatable bonds is 4. The Morgan fingerprint density at radius 3 is 2.62 bits per heavy atom. The number of hydrogen-bond donors (Lipinski definition) is 2. The zero-order valence-electron chi connectivity index (χ0n) is 11.5. The topological polar surface area (TPSA) is 90.2 Å². The Bertz CT molecular complexity index is 661. The van der Waals surface area contributed by atoms with Crippen molar-refractivity contribution in [2.75, 3.05) is 6.54 Å². The summed E-state index contributed by atoms with van der Waals surface area (Å²) in [6.07, 6.45) is 3.89. The Morgan fingerprint density at radius 1 is 1.33 bits per heavy atom. The van der Waals surface area contributed by atoms with Gasteiger partial charge in [0.15, 0.2) is 0 Å². The van der Waals surface area contributed by atoms with Crippen molar-refractivity contribution >= 4 is 10.0 Å². The molecule has 7 heteroatoms. The van der Waals surface area contributed by atoms with Gasteiger partial charge in [0.1, 0.15) is 11.9 Å². The lowest BCUT2D eigenvalue weighted by Crippen LogP contribution is -2.44. The van der Waals surface area contributed by atoms with Crippen molar-refractivity contribution in [1.82, 2.24) is 4.72 Å². The third-order valence-electron chi connectivity index (χ3n) is 3.74. The fourth-order valence-electron chi connectivity index (χ4n) is 2.46. The molecule has 0 bridgehead atoms. The van der Waals surface area contributed by atoms with Gasteiger partial charge in [-0.05, 0) is 31.0 Å². The molecule has 0 aliphatic heterocycles. The number of nitrogens with zero attached hydrogens (tertiary/aromatic N) is 1. The molecule has 1 fully saturated rings. The molecular formula is C14H17FN2O3S. The average molecular weight is 312 g/mol. The maximum atomic E-state index is 13.2. The molecular weight excluding hydrogens is 295 g/mol. The van der Waals surface area contributed by atoms with E-state index >= 15 is 0 Å². The lowest BCUT2D eigenvalue weighted by Gasteiger charge is -2.32. The first kappa shape index (κ1) is 15.9. The van der Waals surface area contributed by atoms with E-state index in [1.165, 1.54) is 0 Å². The Kier molecular flexibility index (Phi) is 4.61. The first-order valence-electron chi connectivity index (χ1n) is 6.78. The zero-order valence-corrected chi connectivity index (χ0v) is 12.3. The summed E-state index contributed by atoms with van der Waals surface area (Å²) in [7, 11) is -3.87. The number of benzene rings is 1. The molecule has 114 valence electrons. The summed E-state index contributed by atoms with van der Waals surface area (Å²) in [5.41, 5.74) is -1.35. The molecule has 0 aromatic heterocycles. The van der Waals surface area contributed by atoms with Gasteiger partial charge in [0, 0.05) is 6.54 Å². The van der Waals surface area contributed by atoms with E-state index in [-0.39, 0.29) is 17.0 Å². The minimum atomic E-state index is -3.87. The fraction of sp³-hybridized carbons (Fsp3) is 0.500. The first-order chi connectivity index (χ1) is 9.86. The second kappa shape index (κ2) is 6.10. The van der Waals surface area contributed by atoms with Crippen molar-refractivity contribution in [3.8, 4) is 6.07 Å². The Morgan fingerprint density at radius 2 is 2.00 bits per heavy atom. The molecule has 2 N–H and O–H groups in total. The molecule has 1 aliphatic carbocycles. The molecule has 0 radical (unpaired) electrons. The van der Waals surface area contributed by atoms with E-state index in [9.17, 15) is 17.9 Å². The molecule has 1 saturated carbocycles. The summed E-state index contributed by atoms with van der Waals surface area (Å²) in [6.45, 7) is -0.0748. The van der Waals surface area contributed by atoms with Gasteiger partial charge in [-0.3, -0.25) is 0 Å². The molecule has 1 aromatic carbocycles. The van der Waals surface area contributed by atoms with Gasteiger partial charge in [-0.25, -0.2) is 17.5 Å². The standard InChI is InChI=1S/C14H17FN2O3S/c15-13-5-4-12(8-11(13)9-16)21(19,20)17-10-14(18)6-2-1-3-7-14/h4-5,8,17-18H,1-3,6-7,10H2. The van der Waals surface area contributed by atoms with E-state index in [2.05, 4.69) is 4.72 Å². The molecule has 0 amide bonds. The van der Waals surface area contributed by atoms with E-state index in [1.54, 1.807) is 6.07 Å². The maximum Gasteiger partial charge on any atom is 0.240 e. The minimum absolute atomic E-state index is 0.0748. The van der Waals surface area contributed by atoms with E-state index in [1.807, 2.05) is 0 Å². The van der Waals surface area contributed by atoms with Crippen LogP contribution in [-0.4, -0.2) is 25.7 Å². The van der Waals surface area contributed by atoms with Crippen LogP contribution in [-0.2, 0) is 10.0 Å². The highest BCUT2D eigenvalue weighted by Crippen LogP contribution is 2.27. The Hall–Kier alpha value is -1.49. The highest BCUT2D eigenvalue weighted by Gasteiger charge is 2.31. The van der Waals surface area contributed by atoms with Gasteiger partial charge >= 0.3 is 0 Å². The first-order valence-corrected chi connectivity index (χ1v) is 8.26. The predicted octanol–water partition coefficient (Wildman–Crippen LogP) is 1.67. The van der Waals surface area contributed by atoms with Gasteiger partial charge in [0.05, 0.1) is 16.1 Å². The number of nitrogens with one attached hydrogen (secondary N) is 1. The largest absolute Gasteiger partial charge is 0.389 e. The molecule has 1 aliphatic rings. The van der Waals surface area contributed by atoms with E-state index in [0.29, 0.717) is 12.8 Å². The van der Waals surface area contributed by atoms with Crippen LogP contribution in [0, 0.1) is 17.1 Å². The Labute approximate surface area is 123 Å². The van der Waals surface area contributed by atoms with E-state index < -0.39 is 21.4 Å². The highest BCUT2D eigenvalue weighted by molar-refractivity contribution is 7.89. The summed E-state index contributed by atoms with van der Waals surface area (Å²) in [5.74, 6) is -0.762. The number of nitriles is 1. The van der Waals surface area contributed by atoms with Crippen LogP contribution in [0.3, 0.4) is 0 Å². The normalized spacial score (nSPS) is 18.1. The zero-order chi connectivity index (χ0) is 15.5. The third-order valence-corrected chi connectivity index (χ3v) is 5.14. The van der Waals surface area contributed by atoms with Crippen LogP contribution in [0.5, 0.6) is 0 Å². The fourth-order valence-corrected chi connectivity index (χ4v) is 3.60. The van der Waals surface area contributed by atoms with Crippen LogP contribution in [0.15, 0.2) is 23.1 Å². The SMILES string of the molecule is N#Cc1cc(S(=O)(=O)NCC2(O)CCCCC2)ccc1F. The molecule has 0 saturated heterocycles. The van der Waals surface area contributed by atoms with Gasteiger partial charge in [-0.15, -0.1) is 0 Å². The molecule has 0 heterocycles. The molecule has 5 nitrogen and oxygen atoms in total. The van der Waals surface area contributed by atoms with Crippen LogP contribution in [0.4, 0.5) is 4.39 Å². The molecule has 0 unspecified atom stereocenters. The molecule has 21 heavy (non-hydrogen) atoms. The second-order valence-electron chi connectivity index (χ2n) is 5.36. The van der Waals surface area contributed by atoms with Crippen molar-refractivity contribution in [2.24, 2.45) is 0 Å². The van der Waals surface area contributed by atoms with Crippen molar-refractivity contribution in [3.63, 3.8) is 0 Å². The van der Waals surface area contributed by atoms with Crippen molar-refractivity contribution in [1.29, 1.82) is 5.26 Å². The lowest BCUT2D eigenvalue weighted by atomic mass is 9.85. The summed E-state index contributed by atoms with van der Waals surface area (Å²) < 4.78 is 39.8. The maximum absolute atomic E-state index is 13.2. The summed E-state index contributed by atoms with van der Waals surface area (Å²) >= 11 is 0. The number of halogens is 1. The summed E-state index contributed by atoms with van der Waals surface area (Å²) in [6, 6.07) is 4.64. The van der Waals surface area contributed by atoms with Crippen LogP contribution < -0.4 is 4.72 Å². The van der Waals surface area contributed by atoms with Gasteiger partial charge in [0.2, 0.25) is 10.0 Å². The van der Waals surface area contributed by atoms with Crippen LogP contribution in [0.25, 0.3) is 0 Å². The van der Waals surface area contributed by atoms with Crippen LogP contribution >= 0.6 is 0 Å². The summed E-state index contributed by atoms with van der Waals surface area (Å²) in [5, 5.41) is 19.0. The number of aliphatic hydroxyl groups is 1. The molecule has 2 rings (SSSR count). The van der Waals surface area contributed by atoms with Crippen LogP contribution in [0.1, 0.15) is 37.7 Å². The smallest absolute Gasteiger partial charge is 0.240 e. The molecule has 0 atom stereocenters. The van der Waals surface area contributed by atoms with Gasteiger partial charge in [-0.1, -0.05) is 19.3 Å². The molecule has 1 aromatic rings. The lowest BCUT2D eigenvalue weighted by molar-refractivity contribution is 0.00945. The quantitative estimate of drug-likeness (QED) is 0.885. The average Bonchev–Trinajstić information content (AvgIpc) is 2.46. The highest BCUT2D eigenvalue weighted by atomic mass is 32.2. The van der Waals surface area contributed by atoms with E-state index in [4.69, 9.17) is 5.26 Å². The predicted molar refractivity (Wildman–Crippen MR) is 74.3 cm³/mol. The summed E-state index contributed by atoms with van der Waals surface area (Å²) in [4.78, 5) is -0.181. The van der Waals surface area contributed by atoms with Gasteiger partial charge in [0.25, 0.3) is 0 Å². The van der Waals surface area contributed by atoms with Crippen molar-refractivity contribution < 1.29 is 17.9 Å². The van der Waals surface area contributed by atoms with Gasteiger partial charge < -0.3 is 5.11 Å².